The highest BCUT2D eigenvalue weighted by molar-refractivity contribution is 5.94. The predicted octanol–water partition coefficient (Wildman–Crippen LogP) is 2.85. The first-order valence-electron chi connectivity index (χ1n) is 7.73. The van der Waals surface area contributed by atoms with Gasteiger partial charge in [-0.3, -0.25) is 4.79 Å². The van der Waals surface area contributed by atoms with Crippen molar-refractivity contribution in [3.8, 4) is 5.69 Å². The van der Waals surface area contributed by atoms with Gasteiger partial charge in [-0.25, -0.2) is 0 Å². The maximum Gasteiger partial charge on any atom is 0.254 e. The minimum absolute atomic E-state index is 0.00341. The number of carbonyl (C=O) groups is 1. The fourth-order valence-electron chi connectivity index (χ4n) is 3.19. The zero-order valence-corrected chi connectivity index (χ0v) is 13.1. The maximum atomic E-state index is 12.7. The van der Waals surface area contributed by atoms with Gasteiger partial charge in [-0.1, -0.05) is 0 Å². The van der Waals surface area contributed by atoms with Crippen molar-refractivity contribution in [2.75, 3.05) is 6.54 Å². The molecule has 1 unspecified atom stereocenters. The fraction of sp³-hybridized carbons (Fsp3) is 0.389. The van der Waals surface area contributed by atoms with Crippen LogP contribution in [-0.2, 0) is 0 Å². The number of carbonyl (C=O) groups excluding carboxylic acids is 1. The molecule has 1 aliphatic rings. The van der Waals surface area contributed by atoms with Crippen molar-refractivity contribution in [2.45, 2.75) is 38.3 Å². The molecule has 1 aromatic carbocycles. The van der Waals surface area contributed by atoms with Crippen LogP contribution >= 0.6 is 0 Å². The third kappa shape index (κ3) is 2.79. The van der Waals surface area contributed by atoms with E-state index in [9.17, 15) is 9.90 Å². The first-order valence-corrected chi connectivity index (χ1v) is 7.73. The Morgan fingerprint density at radius 2 is 1.82 bits per heavy atom. The van der Waals surface area contributed by atoms with E-state index in [0.29, 0.717) is 12.1 Å². The molecule has 0 spiro atoms. The predicted molar refractivity (Wildman–Crippen MR) is 86.1 cm³/mol. The van der Waals surface area contributed by atoms with E-state index in [1.165, 1.54) is 0 Å². The van der Waals surface area contributed by atoms with Gasteiger partial charge < -0.3 is 14.6 Å². The van der Waals surface area contributed by atoms with Gasteiger partial charge in [0.05, 0.1) is 11.6 Å². The topological polar surface area (TPSA) is 45.5 Å². The summed E-state index contributed by atoms with van der Waals surface area (Å²) < 4.78 is 2.00. The lowest BCUT2D eigenvalue weighted by atomic mass is 9.96. The molecule has 2 heterocycles. The van der Waals surface area contributed by atoms with E-state index in [4.69, 9.17) is 0 Å². The van der Waals surface area contributed by atoms with Crippen molar-refractivity contribution in [1.82, 2.24) is 9.47 Å². The van der Waals surface area contributed by atoms with Crippen LogP contribution < -0.4 is 0 Å². The number of rotatable bonds is 3. The molecule has 3 rings (SSSR count). The van der Waals surface area contributed by atoms with E-state index in [0.717, 1.165) is 18.5 Å². The Hall–Kier alpha value is -2.07. The van der Waals surface area contributed by atoms with E-state index >= 15 is 0 Å². The Balaban J connectivity index is 1.80. The third-order valence-electron chi connectivity index (χ3n) is 4.35. The maximum absolute atomic E-state index is 12.7. The van der Waals surface area contributed by atoms with Crippen LogP contribution in [0.5, 0.6) is 0 Å². The second-order valence-electron chi connectivity index (χ2n) is 6.45. The van der Waals surface area contributed by atoms with Crippen molar-refractivity contribution < 1.29 is 9.90 Å². The lowest BCUT2D eigenvalue weighted by molar-refractivity contribution is 0.000336. The third-order valence-corrected chi connectivity index (χ3v) is 4.35. The Morgan fingerprint density at radius 1 is 1.18 bits per heavy atom. The number of likely N-dealkylation sites (tertiary alicyclic amines) is 1. The summed E-state index contributed by atoms with van der Waals surface area (Å²) in [4.78, 5) is 14.5. The van der Waals surface area contributed by atoms with Gasteiger partial charge in [0.1, 0.15) is 0 Å². The molecule has 1 N–H and O–H groups in total. The van der Waals surface area contributed by atoms with Crippen LogP contribution in [0.4, 0.5) is 0 Å². The fourth-order valence-corrected chi connectivity index (χ4v) is 3.19. The van der Waals surface area contributed by atoms with E-state index < -0.39 is 5.60 Å². The average molecular weight is 298 g/mol. The second-order valence-corrected chi connectivity index (χ2v) is 6.45. The summed E-state index contributed by atoms with van der Waals surface area (Å²) in [5, 5.41) is 10.3. The smallest absolute Gasteiger partial charge is 0.254 e. The van der Waals surface area contributed by atoms with E-state index in [1.807, 2.05) is 58.3 Å². The first kappa shape index (κ1) is 14.9. The van der Waals surface area contributed by atoms with Crippen LogP contribution in [0.1, 0.15) is 37.0 Å². The Morgan fingerprint density at radius 3 is 2.41 bits per heavy atom. The van der Waals surface area contributed by atoms with Gasteiger partial charge in [-0.05, 0) is 63.1 Å². The molecule has 22 heavy (non-hydrogen) atoms. The lowest BCUT2D eigenvalue weighted by Gasteiger charge is -2.33. The van der Waals surface area contributed by atoms with Crippen LogP contribution in [0.25, 0.3) is 5.69 Å². The van der Waals surface area contributed by atoms with Crippen LogP contribution in [0.2, 0.25) is 0 Å². The van der Waals surface area contributed by atoms with Gasteiger partial charge >= 0.3 is 0 Å². The summed E-state index contributed by atoms with van der Waals surface area (Å²) in [5.41, 5.74) is 0.839. The van der Waals surface area contributed by atoms with Crippen molar-refractivity contribution >= 4 is 5.91 Å². The number of aliphatic hydroxyl groups is 1. The molecule has 4 nitrogen and oxygen atoms in total. The molecule has 1 aromatic heterocycles. The molecule has 0 radical (unpaired) electrons. The minimum Gasteiger partial charge on any atom is -0.388 e. The summed E-state index contributed by atoms with van der Waals surface area (Å²) in [5.74, 6) is 0.00341. The molecule has 4 heteroatoms. The number of amides is 1. The highest BCUT2D eigenvalue weighted by atomic mass is 16.3. The van der Waals surface area contributed by atoms with Gasteiger partial charge in [0.25, 0.3) is 5.91 Å². The van der Waals surface area contributed by atoms with Gasteiger partial charge in [0.2, 0.25) is 0 Å². The lowest BCUT2D eigenvalue weighted by Crippen LogP contribution is -2.48. The van der Waals surface area contributed by atoms with Gasteiger partial charge in [-0.15, -0.1) is 0 Å². The molecule has 1 saturated heterocycles. The molecule has 1 aliphatic heterocycles. The van der Waals surface area contributed by atoms with Crippen LogP contribution in [0.15, 0.2) is 48.8 Å². The molecule has 116 valence electrons. The second kappa shape index (κ2) is 5.61. The molecule has 0 bridgehead atoms. The summed E-state index contributed by atoms with van der Waals surface area (Å²) in [6, 6.07) is 11.4. The molecule has 1 amide bonds. The zero-order chi connectivity index (χ0) is 15.7. The van der Waals surface area contributed by atoms with Crippen LogP contribution in [0.3, 0.4) is 0 Å². The van der Waals surface area contributed by atoms with E-state index in [1.54, 1.807) is 13.8 Å². The highest BCUT2D eigenvalue weighted by Crippen LogP contribution is 2.28. The Kier molecular flexibility index (Phi) is 3.79. The summed E-state index contributed by atoms with van der Waals surface area (Å²) in [6.07, 6.45) is 5.75. The molecule has 0 aliphatic carbocycles. The highest BCUT2D eigenvalue weighted by Gasteiger charge is 2.38. The zero-order valence-electron chi connectivity index (χ0n) is 13.1. The number of benzene rings is 1. The largest absolute Gasteiger partial charge is 0.388 e. The molecule has 1 atom stereocenters. The van der Waals surface area contributed by atoms with Crippen molar-refractivity contribution in [3.05, 3.63) is 54.4 Å². The number of hydrogen-bond donors (Lipinski definition) is 1. The Bertz CT molecular complexity index is 639. The number of nitrogens with zero attached hydrogens (tertiary/aromatic N) is 2. The average Bonchev–Trinajstić information content (AvgIpc) is 3.17. The van der Waals surface area contributed by atoms with Crippen LogP contribution in [-0.4, -0.2) is 38.7 Å². The van der Waals surface area contributed by atoms with Gasteiger partial charge in [-0.2, -0.15) is 0 Å². The molecular formula is C18H22N2O2. The monoisotopic (exact) mass is 298 g/mol. The molecule has 0 saturated carbocycles. The molecule has 1 fully saturated rings. The normalized spacial score (nSPS) is 18.7. The first-order chi connectivity index (χ1) is 10.5. The molecular weight excluding hydrogens is 276 g/mol. The van der Waals surface area contributed by atoms with E-state index in [2.05, 4.69) is 0 Å². The van der Waals surface area contributed by atoms with E-state index in [-0.39, 0.29) is 11.9 Å². The summed E-state index contributed by atoms with van der Waals surface area (Å²) >= 11 is 0. The SMILES string of the molecule is CC(C)(O)C1CCCN1C(=O)c1ccc(-n2cccc2)cc1. The summed E-state index contributed by atoms with van der Waals surface area (Å²) in [6.45, 7) is 4.27. The van der Waals surface area contributed by atoms with Gasteiger partial charge in [0.15, 0.2) is 0 Å². The number of aromatic nitrogens is 1. The van der Waals surface area contributed by atoms with Gasteiger partial charge in [0, 0.05) is 30.2 Å². The van der Waals surface area contributed by atoms with Crippen molar-refractivity contribution in [2.24, 2.45) is 0 Å². The molecule has 2 aromatic rings. The minimum atomic E-state index is -0.864. The quantitative estimate of drug-likeness (QED) is 0.947. The van der Waals surface area contributed by atoms with Crippen molar-refractivity contribution in [3.63, 3.8) is 0 Å². The Labute approximate surface area is 131 Å². The summed E-state index contributed by atoms with van der Waals surface area (Å²) in [7, 11) is 0. The van der Waals surface area contributed by atoms with Crippen molar-refractivity contribution in [1.29, 1.82) is 0 Å². The number of hydrogen-bond acceptors (Lipinski definition) is 2. The van der Waals surface area contributed by atoms with Crippen LogP contribution in [0, 0.1) is 0 Å². The standard InChI is InChI=1S/C18H22N2O2/c1-18(2,22)16-6-5-13-20(16)17(21)14-7-9-15(10-8-14)19-11-3-4-12-19/h3-4,7-12,16,22H,5-6,13H2,1-2H3.